The van der Waals surface area contributed by atoms with E-state index < -0.39 is 0 Å². The minimum absolute atomic E-state index is 0. The van der Waals surface area contributed by atoms with Crippen molar-refractivity contribution in [1.82, 2.24) is 0 Å². The van der Waals surface area contributed by atoms with Crippen LogP contribution in [0, 0.1) is 11.3 Å². The van der Waals surface area contributed by atoms with Gasteiger partial charge in [0, 0.05) is 6.54 Å². The van der Waals surface area contributed by atoms with E-state index in [9.17, 15) is 0 Å². The van der Waals surface area contributed by atoms with Crippen molar-refractivity contribution in [2.45, 2.75) is 6.42 Å². The van der Waals surface area contributed by atoms with Gasteiger partial charge < -0.3 is 22.0 Å². The van der Waals surface area contributed by atoms with Crippen molar-refractivity contribution < 1.29 is 11.0 Å². The van der Waals surface area contributed by atoms with Gasteiger partial charge in [-0.25, -0.2) is 0 Å². The van der Waals surface area contributed by atoms with Gasteiger partial charge in [0.05, 0.1) is 23.0 Å². The first-order valence-corrected chi connectivity index (χ1v) is 6.19. The van der Waals surface area contributed by atoms with E-state index in [1.54, 1.807) is 12.1 Å². The van der Waals surface area contributed by atoms with Crippen LogP contribution in [-0.2, 0) is 0 Å². The third-order valence-electron chi connectivity index (χ3n) is 2.02. The predicted molar refractivity (Wildman–Crippen MR) is 74.3 cm³/mol. The molecule has 5 nitrogen and oxygen atoms in total. The van der Waals surface area contributed by atoms with Crippen LogP contribution in [0.5, 0.6) is 0 Å². The van der Waals surface area contributed by atoms with Crippen LogP contribution in [0.25, 0.3) is 0 Å². The third-order valence-corrected chi connectivity index (χ3v) is 2.72. The Labute approximate surface area is 106 Å². The van der Waals surface area contributed by atoms with Gasteiger partial charge in [-0.15, -0.1) is 0 Å². The highest BCUT2D eigenvalue weighted by Crippen LogP contribution is 2.19. The number of nitrogens with zero attached hydrogens (tertiary/aromatic N) is 1. The maximum absolute atomic E-state index is 8.67. The second-order valence-corrected chi connectivity index (χ2v) is 4.17. The topological polar surface area (TPSA) is 125 Å². The molecule has 6 heteroatoms. The van der Waals surface area contributed by atoms with Gasteiger partial charge in [-0.05, 0) is 36.6 Å². The van der Waals surface area contributed by atoms with E-state index in [-0.39, 0.29) is 11.0 Å². The number of nitrogens with one attached hydrogen (secondary N) is 1. The largest absolute Gasteiger partial charge is 0.412 e. The van der Waals surface area contributed by atoms with Crippen LogP contribution in [0.15, 0.2) is 18.2 Å². The average Bonchev–Trinajstić information content (AvgIpc) is 2.26. The summed E-state index contributed by atoms with van der Waals surface area (Å²) in [7, 11) is 0. The van der Waals surface area contributed by atoms with E-state index in [1.807, 2.05) is 17.8 Å². The van der Waals surface area contributed by atoms with Crippen molar-refractivity contribution in [1.29, 1.82) is 5.26 Å². The summed E-state index contributed by atoms with van der Waals surface area (Å²) < 4.78 is 0. The fourth-order valence-corrected chi connectivity index (χ4v) is 1.67. The molecule has 1 rings (SSSR count). The Morgan fingerprint density at radius 1 is 1.41 bits per heavy atom. The number of benzene rings is 1. The van der Waals surface area contributed by atoms with Crippen molar-refractivity contribution >= 4 is 23.1 Å². The van der Waals surface area contributed by atoms with E-state index in [2.05, 4.69) is 17.6 Å². The molecule has 96 valence electrons. The van der Waals surface area contributed by atoms with Gasteiger partial charge in [0.25, 0.3) is 0 Å². The Morgan fingerprint density at radius 3 is 2.65 bits per heavy atom. The normalized spacial score (nSPS) is 8.47. The highest BCUT2D eigenvalue weighted by atomic mass is 32.2. The van der Waals surface area contributed by atoms with E-state index in [1.165, 1.54) is 0 Å². The van der Waals surface area contributed by atoms with E-state index >= 15 is 0 Å². The van der Waals surface area contributed by atoms with Gasteiger partial charge in [-0.1, -0.05) is 0 Å². The lowest BCUT2D eigenvalue weighted by Gasteiger charge is -2.08. The van der Waals surface area contributed by atoms with Crippen LogP contribution < -0.4 is 11.1 Å². The van der Waals surface area contributed by atoms with Crippen molar-refractivity contribution in [3.63, 3.8) is 0 Å². The van der Waals surface area contributed by atoms with Crippen LogP contribution in [0.3, 0.4) is 0 Å². The summed E-state index contributed by atoms with van der Waals surface area (Å²) in [6.07, 6.45) is 3.21. The Bertz CT molecular complexity index is 366. The maximum Gasteiger partial charge on any atom is 0.0992 e. The zero-order chi connectivity index (χ0) is 11.1. The number of nitrogen functional groups attached to an aromatic ring is 1. The minimum atomic E-state index is 0. The molecule has 0 bridgehead atoms. The molecule has 0 aliphatic heterocycles. The summed E-state index contributed by atoms with van der Waals surface area (Å²) in [6.45, 7) is 0.914. The SMILES string of the molecule is CSCCCNc1ccc(C#N)cc1N.O.O. The van der Waals surface area contributed by atoms with Gasteiger partial charge in [-0.2, -0.15) is 17.0 Å². The van der Waals surface area contributed by atoms with Crippen LogP contribution in [0.4, 0.5) is 11.4 Å². The van der Waals surface area contributed by atoms with E-state index in [0.717, 1.165) is 24.4 Å². The molecule has 0 aliphatic rings. The molecule has 1 aromatic rings. The first kappa shape index (κ1) is 18.0. The van der Waals surface area contributed by atoms with Crippen molar-refractivity contribution in [2.75, 3.05) is 29.6 Å². The third kappa shape index (κ3) is 6.02. The molecular formula is C11H19N3O2S. The quantitative estimate of drug-likeness (QED) is 0.593. The van der Waals surface area contributed by atoms with Crippen molar-refractivity contribution in [3.8, 4) is 6.07 Å². The molecule has 0 fully saturated rings. The van der Waals surface area contributed by atoms with E-state index in [4.69, 9.17) is 11.0 Å². The monoisotopic (exact) mass is 257 g/mol. The summed E-state index contributed by atoms with van der Waals surface area (Å²) in [5.74, 6) is 1.14. The number of nitriles is 1. The number of hydrogen-bond donors (Lipinski definition) is 2. The molecule has 0 heterocycles. The summed E-state index contributed by atoms with van der Waals surface area (Å²) in [4.78, 5) is 0. The first-order valence-electron chi connectivity index (χ1n) is 4.80. The van der Waals surface area contributed by atoms with Crippen LogP contribution >= 0.6 is 11.8 Å². The summed E-state index contributed by atoms with van der Waals surface area (Å²) in [6, 6.07) is 7.38. The zero-order valence-corrected chi connectivity index (χ0v) is 10.6. The fourth-order valence-electron chi connectivity index (χ4n) is 1.23. The second-order valence-electron chi connectivity index (χ2n) is 3.19. The van der Waals surface area contributed by atoms with Crippen molar-refractivity contribution in [2.24, 2.45) is 0 Å². The van der Waals surface area contributed by atoms with Crippen LogP contribution in [-0.4, -0.2) is 29.5 Å². The highest BCUT2D eigenvalue weighted by Gasteiger charge is 1.99. The second kappa shape index (κ2) is 9.78. The first-order chi connectivity index (χ1) is 7.27. The van der Waals surface area contributed by atoms with Gasteiger partial charge in [0.1, 0.15) is 0 Å². The van der Waals surface area contributed by atoms with Gasteiger partial charge in [-0.3, -0.25) is 0 Å². The van der Waals surface area contributed by atoms with Crippen LogP contribution in [0.1, 0.15) is 12.0 Å². The summed E-state index contributed by atoms with van der Waals surface area (Å²) in [5, 5.41) is 11.9. The lowest BCUT2D eigenvalue weighted by Crippen LogP contribution is -2.05. The van der Waals surface area contributed by atoms with Gasteiger partial charge >= 0.3 is 0 Å². The van der Waals surface area contributed by atoms with Crippen LogP contribution in [0.2, 0.25) is 0 Å². The van der Waals surface area contributed by atoms with Crippen molar-refractivity contribution in [3.05, 3.63) is 23.8 Å². The fraction of sp³-hybridized carbons (Fsp3) is 0.364. The molecule has 1 aromatic carbocycles. The Balaban J connectivity index is 0. The number of nitrogens with two attached hydrogens (primary N) is 1. The highest BCUT2D eigenvalue weighted by molar-refractivity contribution is 7.98. The summed E-state index contributed by atoms with van der Waals surface area (Å²) >= 11 is 1.83. The molecule has 0 aromatic heterocycles. The van der Waals surface area contributed by atoms with Gasteiger partial charge in [0.15, 0.2) is 0 Å². The lowest BCUT2D eigenvalue weighted by atomic mass is 10.2. The Morgan fingerprint density at radius 2 is 2.12 bits per heavy atom. The molecule has 7 N–H and O–H groups in total. The molecule has 0 saturated carbocycles. The molecule has 0 saturated heterocycles. The molecule has 0 aliphatic carbocycles. The standard InChI is InChI=1S/C11H15N3S.2H2O/c1-15-6-2-5-14-11-4-3-9(8-12)7-10(11)13;;/h3-4,7,14H,2,5-6,13H2,1H3;2*1H2. The molecule has 0 amide bonds. The number of rotatable bonds is 5. The predicted octanol–water partition coefficient (Wildman–Crippen LogP) is 0.656. The van der Waals surface area contributed by atoms with Gasteiger partial charge in [0.2, 0.25) is 0 Å². The summed E-state index contributed by atoms with van der Waals surface area (Å²) in [5.41, 5.74) is 7.94. The molecule has 0 spiro atoms. The molecule has 0 atom stereocenters. The average molecular weight is 257 g/mol. The smallest absolute Gasteiger partial charge is 0.0992 e. The zero-order valence-electron chi connectivity index (χ0n) is 9.79. The number of thioether (sulfide) groups is 1. The Hall–Kier alpha value is -1.42. The molecule has 17 heavy (non-hydrogen) atoms. The molecule has 0 radical (unpaired) electrons. The number of anilines is 2. The number of hydrogen-bond acceptors (Lipinski definition) is 4. The lowest BCUT2D eigenvalue weighted by molar-refractivity contribution is 0.823. The minimum Gasteiger partial charge on any atom is -0.412 e. The molecular weight excluding hydrogens is 238 g/mol. The van der Waals surface area contributed by atoms with E-state index in [0.29, 0.717) is 11.3 Å². The Kier molecular flexibility index (Phi) is 10.3. The molecule has 0 unspecified atom stereocenters. The maximum atomic E-state index is 8.67.